The molecule has 1 saturated carbocycles. The average Bonchev–Trinajstić information content (AvgIpc) is 3.04. The van der Waals surface area contributed by atoms with Crippen LogP contribution in [0.1, 0.15) is 52.4 Å². The fraction of sp³-hybridized carbons (Fsp3) is 0.938. The van der Waals surface area contributed by atoms with E-state index in [0.717, 1.165) is 18.9 Å². The second kappa shape index (κ2) is 6.72. The zero-order valence-electron chi connectivity index (χ0n) is 12.6. The number of nitrogens with zero attached hydrogens (tertiary/aromatic N) is 2. The second-order valence-electron chi connectivity index (χ2n) is 6.35. The minimum atomic E-state index is -0.224. The van der Waals surface area contributed by atoms with E-state index >= 15 is 0 Å². The molecule has 3 atom stereocenters. The molecular formula is C16H29N3. The van der Waals surface area contributed by atoms with Gasteiger partial charge in [-0.2, -0.15) is 5.26 Å². The lowest BCUT2D eigenvalue weighted by molar-refractivity contribution is 0.247. The number of rotatable bonds is 6. The summed E-state index contributed by atoms with van der Waals surface area (Å²) >= 11 is 0. The molecule has 2 fully saturated rings. The first-order valence-electron chi connectivity index (χ1n) is 8.12. The molecule has 0 aromatic carbocycles. The fourth-order valence-corrected chi connectivity index (χ4v) is 3.99. The number of hydrogen-bond acceptors (Lipinski definition) is 3. The van der Waals surface area contributed by atoms with Crippen LogP contribution in [0, 0.1) is 23.2 Å². The monoisotopic (exact) mass is 263 g/mol. The summed E-state index contributed by atoms with van der Waals surface area (Å²) < 4.78 is 0. The third-order valence-electron chi connectivity index (χ3n) is 5.25. The van der Waals surface area contributed by atoms with Crippen LogP contribution in [0.15, 0.2) is 0 Å². The van der Waals surface area contributed by atoms with Crippen molar-refractivity contribution in [3.8, 4) is 6.07 Å². The van der Waals surface area contributed by atoms with E-state index in [1.807, 2.05) is 0 Å². The van der Waals surface area contributed by atoms with Gasteiger partial charge in [-0.3, -0.25) is 5.32 Å². The average molecular weight is 263 g/mol. The van der Waals surface area contributed by atoms with Crippen molar-refractivity contribution in [3.05, 3.63) is 0 Å². The Morgan fingerprint density at radius 3 is 2.84 bits per heavy atom. The smallest absolute Gasteiger partial charge is 0.109 e. The minimum Gasteiger partial charge on any atom is -0.303 e. The Morgan fingerprint density at radius 2 is 2.21 bits per heavy atom. The van der Waals surface area contributed by atoms with Gasteiger partial charge in [0, 0.05) is 6.54 Å². The molecule has 3 nitrogen and oxygen atoms in total. The Kier molecular flexibility index (Phi) is 5.24. The summed E-state index contributed by atoms with van der Waals surface area (Å²) in [4.78, 5) is 2.61. The predicted octanol–water partition coefficient (Wildman–Crippen LogP) is 2.78. The molecule has 1 aliphatic carbocycles. The Labute approximate surface area is 118 Å². The van der Waals surface area contributed by atoms with E-state index < -0.39 is 0 Å². The largest absolute Gasteiger partial charge is 0.303 e. The Morgan fingerprint density at radius 1 is 1.37 bits per heavy atom. The van der Waals surface area contributed by atoms with Crippen LogP contribution in [0.25, 0.3) is 0 Å². The van der Waals surface area contributed by atoms with Crippen molar-refractivity contribution >= 4 is 0 Å². The molecule has 0 aromatic rings. The zero-order chi connectivity index (χ0) is 13.7. The van der Waals surface area contributed by atoms with E-state index in [0.29, 0.717) is 5.92 Å². The van der Waals surface area contributed by atoms with Gasteiger partial charge in [-0.15, -0.1) is 0 Å². The molecule has 108 valence electrons. The van der Waals surface area contributed by atoms with Crippen LogP contribution >= 0.6 is 0 Å². The van der Waals surface area contributed by atoms with Crippen molar-refractivity contribution < 1.29 is 0 Å². The molecule has 19 heavy (non-hydrogen) atoms. The van der Waals surface area contributed by atoms with Crippen LogP contribution in [-0.2, 0) is 0 Å². The quantitative estimate of drug-likeness (QED) is 0.801. The third-order valence-corrected chi connectivity index (χ3v) is 5.25. The van der Waals surface area contributed by atoms with Crippen molar-refractivity contribution in [3.63, 3.8) is 0 Å². The molecule has 0 aromatic heterocycles. The maximum absolute atomic E-state index is 9.56. The van der Waals surface area contributed by atoms with E-state index in [4.69, 9.17) is 0 Å². The molecule has 0 amide bonds. The van der Waals surface area contributed by atoms with Crippen LogP contribution in [-0.4, -0.2) is 36.6 Å². The van der Waals surface area contributed by atoms with Crippen molar-refractivity contribution in [1.29, 1.82) is 5.26 Å². The van der Waals surface area contributed by atoms with E-state index in [-0.39, 0.29) is 5.54 Å². The van der Waals surface area contributed by atoms with Crippen molar-refractivity contribution in [2.45, 2.75) is 57.9 Å². The molecule has 1 heterocycles. The highest BCUT2D eigenvalue weighted by molar-refractivity contribution is 5.14. The molecule has 3 heteroatoms. The Bertz CT molecular complexity index is 322. The summed E-state index contributed by atoms with van der Waals surface area (Å²) in [5.41, 5.74) is -0.224. The van der Waals surface area contributed by atoms with E-state index in [2.05, 4.69) is 30.1 Å². The lowest BCUT2D eigenvalue weighted by Gasteiger charge is -2.30. The highest BCUT2D eigenvalue weighted by atomic mass is 15.1. The van der Waals surface area contributed by atoms with Crippen LogP contribution in [0.5, 0.6) is 0 Å². The van der Waals surface area contributed by atoms with E-state index in [9.17, 15) is 5.26 Å². The topological polar surface area (TPSA) is 39.1 Å². The van der Waals surface area contributed by atoms with Gasteiger partial charge in [-0.25, -0.2) is 0 Å². The third kappa shape index (κ3) is 3.30. The summed E-state index contributed by atoms with van der Waals surface area (Å²) in [6.07, 6.45) is 7.36. The first-order valence-corrected chi connectivity index (χ1v) is 8.12. The number of nitriles is 1. The molecule has 0 spiro atoms. The molecule has 1 saturated heterocycles. The maximum Gasteiger partial charge on any atom is 0.109 e. The van der Waals surface area contributed by atoms with Gasteiger partial charge in [0.05, 0.1) is 6.07 Å². The second-order valence-corrected chi connectivity index (χ2v) is 6.35. The Hall–Kier alpha value is -0.590. The number of hydrogen-bond donors (Lipinski definition) is 1. The predicted molar refractivity (Wildman–Crippen MR) is 78.8 cm³/mol. The van der Waals surface area contributed by atoms with Gasteiger partial charge >= 0.3 is 0 Å². The molecule has 2 aliphatic rings. The van der Waals surface area contributed by atoms with Crippen LogP contribution in [0.4, 0.5) is 0 Å². The molecule has 0 bridgehead atoms. The zero-order valence-corrected chi connectivity index (χ0v) is 12.6. The maximum atomic E-state index is 9.56. The van der Waals surface area contributed by atoms with Gasteiger partial charge in [-0.1, -0.05) is 26.7 Å². The van der Waals surface area contributed by atoms with Gasteiger partial charge in [0.2, 0.25) is 0 Å². The van der Waals surface area contributed by atoms with Gasteiger partial charge in [-0.05, 0) is 57.2 Å². The lowest BCUT2D eigenvalue weighted by atomic mass is 9.85. The summed E-state index contributed by atoms with van der Waals surface area (Å²) in [5.74, 6) is 1.47. The van der Waals surface area contributed by atoms with Crippen LogP contribution < -0.4 is 5.32 Å². The summed E-state index contributed by atoms with van der Waals surface area (Å²) in [7, 11) is 0. The first kappa shape index (κ1) is 14.8. The van der Waals surface area contributed by atoms with E-state index in [1.54, 1.807) is 0 Å². The number of nitrogens with one attached hydrogen (secondary N) is 1. The normalized spacial score (nSPS) is 35.6. The highest BCUT2D eigenvalue weighted by Gasteiger charge is 2.42. The fourth-order valence-electron chi connectivity index (χ4n) is 3.99. The van der Waals surface area contributed by atoms with Gasteiger partial charge in [0.25, 0.3) is 0 Å². The molecule has 1 aliphatic heterocycles. The van der Waals surface area contributed by atoms with Crippen LogP contribution in [0.2, 0.25) is 0 Å². The van der Waals surface area contributed by atoms with Crippen molar-refractivity contribution in [2.75, 3.05) is 26.2 Å². The lowest BCUT2D eigenvalue weighted by Crippen LogP contribution is -2.47. The summed E-state index contributed by atoms with van der Waals surface area (Å²) in [6.45, 7) is 9.06. The highest BCUT2D eigenvalue weighted by Crippen LogP contribution is 2.38. The number of likely N-dealkylation sites (tertiary alicyclic amines) is 1. The summed E-state index contributed by atoms with van der Waals surface area (Å²) in [6, 6.07) is 2.59. The van der Waals surface area contributed by atoms with Gasteiger partial charge < -0.3 is 4.90 Å². The molecule has 3 unspecified atom stereocenters. The van der Waals surface area contributed by atoms with Crippen LogP contribution in [0.3, 0.4) is 0 Å². The van der Waals surface area contributed by atoms with Gasteiger partial charge in [0.15, 0.2) is 0 Å². The SMILES string of the molecule is CCNC1(C#N)CCCC1CCN1CCC(CC)C1. The van der Waals surface area contributed by atoms with Crippen molar-refractivity contribution in [1.82, 2.24) is 10.2 Å². The standard InChI is InChI=1S/C16H29N3/c1-3-14-7-10-19(12-14)11-8-15-6-5-9-16(15,13-17)18-4-2/h14-15,18H,3-12H2,1-2H3. The van der Waals surface area contributed by atoms with Crippen molar-refractivity contribution in [2.24, 2.45) is 11.8 Å². The Balaban J connectivity index is 1.83. The minimum absolute atomic E-state index is 0.224. The molecule has 2 rings (SSSR count). The molecule has 1 N–H and O–H groups in total. The van der Waals surface area contributed by atoms with Gasteiger partial charge in [0.1, 0.15) is 5.54 Å². The first-order chi connectivity index (χ1) is 9.24. The summed E-state index contributed by atoms with van der Waals surface area (Å²) in [5, 5.41) is 13.0. The molecule has 0 radical (unpaired) electrons. The van der Waals surface area contributed by atoms with E-state index in [1.165, 1.54) is 51.7 Å². The molecular weight excluding hydrogens is 234 g/mol.